The van der Waals surface area contributed by atoms with Crippen LogP contribution < -0.4 is 15.4 Å². The van der Waals surface area contributed by atoms with Gasteiger partial charge in [-0.3, -0.25) is 0 Å². The molecule has 0 radical (unpaired) electrons. The Bertz CT molecular complexity index is 427. The molecule has 0 aromatic heterocycles. The Labute approximate surface area is 127 Å². The maximum absolute atomic E-state index is 5.41. The van der Waals surface area contributed by atoms with Crippen molar-refractivity contribution >= 4 is 17.3 Å². The first-order valence-electron chi connectivity index (χ1n) is 7.40. The highest BCUT2D eigenvalue weighted by Crippen LogP contribution is 2.19. The van der Waals surface area contributed by atoms with Crippen molar-refractivity contribution in [2.75, 3.05) is 7.11 Å². The second-order valence-electron chi connectivity index (χ2n) is 5.45. The molecule has 0 spiro atoms. The van der Waals surface area contributed by atoms with Gasteiger partial charge in [-0.25, -0.2) is 0 Å². The van der Waals surface area contributed by atoms with Gasteiger partial charge in [-0.05, 0) is 49.7 Å². The van der Waals surface area contributed by atoms with E-state index in [2.05, 4.69) is 29.7 Å². The third kappa shape index (κ3) is 4.37. The van der Waals surface area contributed by atoms with Crippen molar-refractivity contribution in [2.24, 2.45) is 0 Å². The molecule has 0 aliphatic heterocycles. The summed E-state index contributed by atoms with van der Waals surface area (Å²) in [4.78, 5) is 0. The van der Waals surface area contributed by atoms with E-state index < -0.39 is 0 Å². The van der Waals surface area contributed by atoms with Crippen LogP contribution in [0.2, 0.25) is 0 Å². The van der Waals surface area contributed by atoms with E-state index in [1.54, 1.807) is 7.11 Å². The van der Waals surface area contributed by atoms with Crippen LogP contribution in [0.15, 0.2) is 24.3 Å². The van der Waals surface area contributed by atoms with E-state index in [9.17, 15) is 0 Å². The molecule has 1 fully saturated rings. The SMILES string of the molecule is COc1ccc(C(C)NC(=S)NC2CCCCC2)cc1. The lowest BCUT2D eigenvalue weighted by molar-refractivity contribution is 0.410. The fraction of sp³-hybridized carbons (Fsp3) is 0.562. The van der Waals surface area contributed by atoms with Crippen molar-refractivity contribution in [2.45, 2.75) is 51.1 Å². The average molecular weight is 292 g/mol. The van der Waals surface area contributed by atoms with E-state index in [1.165, 1.54) is 37.7 Å². The van der Waals surface area contributed by atoms with E-state index in [-0.39, 0.29) is 6.04 Å². The lowest BCUT2D eigenvalue weighted by Gasteiger charge is -2.26. The fourth-order valence-electron chi connectivity index (χ4n) is 2.65. The Hall–Kier alpha value is -1.29. The summed E-state index contributed by atoms with van der Waals surface area (Å²) in [6.07, 6.45) is 6.46. The van der Waals surface area contributed by atoms with Crippen LogP contribution in [0.1, 0.15) is 50.6 Å². The molecule has 2 rings (SSSR count). The minimum Gasteiger partial charge on any atom is -0.497 e. The van der Waals surface area contributed by atoms with E-state index in [0.717, 1.165) is 10.9 Å². The molecule has 0 saturated heterocycles. The second kappa shape index (κ2) is 7.48. The third-order valence-corrected chi connectivity index (χ3v) is 4.14. The van der Waals surface area contributed by atoms with Gasteiger partial charge in [0.15, 0.2) is 5.11 Å². The molecule has 1 aromatic carbocycles. The molecule has 1 aliphatic rings. The van der Waals surface area contributed by atoms with Crippen LogP contribution in [-0.4, -0.2) is 18.3 Å². The number of ether oxygens (including phenoxy) is 1. The molecule has 1 aromatic rings. The van der Waals surface area contributed by atoms with Gasteiger partial charge in [-0.15, -0.1) is 0 Å². The quantitative estimate of drug-likeness (QED) is 0.832. The van der Waals surface area contributed by atoms with Crippen LogP contribution in [0.25, 0.3) is 0 Å². The molecule has 2 N–H and O–H groups in total. The Morgan fingerprint density at radius 1 is 1.20 bits per heavy atom. The molecule has 3 nitrogen and oxygen atoms in total. The summed E-state index contributed by atoms with van der Waals surface area (Å²) in [5.74, 6) is 0.879. The normalized spacial score (nSPS) is 17.3. The van der Waals surface area contributed by atoms with Gasteiger partial charge in [0, 0.05) is 6.04 Å². The first-order valence-corrected chi connectivity index (χ1v) is 7.81. The maximum atomic E-state index is 5.41. The first kappa shape index (κ1) is 15.1. The molecule has 1 atom stereocenters. The largest absolute Gasteiger partial charge is 0.497 e. The summed E-state index contributed by atoms with van der Waals surface area (Å²) in [6, 6.07) is 8.84. The van der Waals surface area contributed by atoms with Crippen molar-refractivity contribution in [1.82, 2.24) is 10.6 Å². The highest BCUT2D eigenvalue weighted by molar-refractivity contribution is 7.80. The summed E-state index contributed by atoms with van der Waals surface area (Å²) >= 11 is 5.41. The van der Waals surface area contributed by atoms with Crippen molar-refractivity contribution < 1.29 is 4.74 Å². The van der Waals surface area contributed by atoms with Gasteiger partial charge in [0.05, 0.1) is 13.2 Å². The van der Waals surface area contributed by atoms with E-state index in [0.29, 0.717) is 6.04 Å². The van der Waals surface area contributed by atoms with Crippen molar-refractivity contribution in [3.8, 4) is 5.75 Å². The van der Waals surface area contributed by atoms with Crippen LogP contribution in [0.4, 0.5) is 0 Å². The van der Waals surface area contributed by atoms with E-state index in [1.807, 2.05) is 12.1 Å². The smallest absolute Gasteiger partial charge is 0.166 e. The van der Waals surface area contributed by atoms with Crippen molar-refractivity contribution in [1.29, 1.82) is 0 Å². The lowest BCUT2D eigenvalue weighted by Crippen LogP contribution is -2.43. The summed E-state index contributed by atoms with van der Waals surface area (Å²) in [7, 11) is 1.68. The molecule has 4 heteroatoms. The van der Waals surface area contributed by atoms with Gasteiger partial charge in [0.2, 0.25) is 0 Å². The molecule has 0 bridgehead atoms. The Morgan fingerprint density at radius 3 is 2.45 bits per heavy atom. The van der Waals surface area contributed by atoms with Gasteiger partial charge in [0.1, 0.15) is 5.75 Å². The number of hydrogen-bond acceptors (Lipinski definition) is 2. The molecule has 20 heavy (non-hydrogen) atoms. The molecule has 1 unspecified atom stereocenters. The average Bonchev–Trinajstić information content (AvgIpc) is 2.48. The zero-order valence-corrected chi connectivity index (χ0v) is 13.1. The molecule has 0 amide bonds. The number of hydrogen-bond donors (Lipinski definition) is 2. The zero-order valence-electron chi connectivity index (χ0n) is 12.3. The monoisotopic (exact) mass is 292 g/mol. The minimum absolute atomic E-state index is 0.199. The Balaban J connectivity index is 1.82. The summed E-state index contributed by atoms with van der Waals surface area (Å²) in [6.45, 7) is 2.12. The van der Waals surface area contributed by atoms with Crippen molar-refractivity contribution in [3.63, 3.8) is 0 Å². The van der Waals surface area contributed by atoms with Gasteiger partial charge in [-0.2, -0.15) is 0 Å². The highest BCUT2D eigenvalue weighted by atomic mass is 32.1. The first-order chi connectivity index (χ1) is 9.69. The second-order valence-corrected chi connectivity index (χ2v) is 5.86. The number of thiocarbonyl (C=S) groups is 1. The topological polar surface area (TPSA) is 33.3 Å². The van der Waals surface area contributed by atoms with Gasteiger partial charge in [-0.1, -0.05) is 31.4 Å². The van der Waals surface area contributed by atoms with Crippen molar-refractivity contribution in [3.05, 3.63) is 29.8 Å². The zero-order chi connectivity index (χ0) is 14.4. The van der Waals surface area contributed by atoms with E-state index in [4.69, 9.17) is 17.0 Å². The van der Waals surface area contributed by atoms with Crippen LogP contribution in [0.3, 0.4) is 0 Å². The number of benzene rings is 1. The predicted octanol–water partition coefficient (Wildman–Crippen LogP) is 3.55. The Kier molecular flexibility index (Phi) is 5.65. The summed E-state index contributed by atoms with van der Waals surface area (Å²) in [5.41, 5.74) is 1.21. The number of nitrogens with one attached hydrogen (secondary N) is 2. The van der Waals surface area contributed by atoms with Crippen LogP contribution in [-0.2, 0) is 0 Å². The van der Waals surface area contributed by atoms with Gasteiger partial charge >= 0.3 is 0 Å². The number of methoxy groups -OCH3 is 1. The lowest BCUT2D eigenvalue weighted by atomic mass is 9.96. The standard InChI is InChI=1S/C16H24N2OS/c1-12(13-8-10-15(19-2)11-9-13)17-16(20)18-14-6-4-3-5-7-14/h8-12,14H,3-7H2,1-2H3,(H2,17,18,20). The molecule has 0 heterocycles. The van der Waals surface area contributed by atoms with Gasteiger partial charge in [0.25, 0.3) is 0 Å². The molecular weight excluding hydrogens is 268 g/mol. The Morgan fingerprint density at radius 2 is 1.85 bits per heavy atom. The van der Waals surface area contributed by atoms with Crippen LogP contribution in [0.5, 0.6) is 5.75 Å². The molecule has 110 valence electrons. The predicted molar refractivity (Wildman–Crippen MR) is 87.2 cm³/mol. The molecule has 1 aliphatic carbocycles. The number of rotatable bonds is 4. The summed E-state index contributed by atoms with van der Waals surface area (Å²) in [5, 5.41) is 7.56. The summed E-state index contributed by atoms with van der Waals surface area (Å²) < 4.78 is 5.17. The maximum Gasteiger partial charge on any atom is 0.166 e. The minimum atomic E-state index is 0.199. The molecule has 1 saturated carbocycles. The van der Waals surface area contributed by atoms with E-state index >= 15 is 0 Å². The third-order valence-electron chi connectivity index (χ3n) is 3.90. The van der Waals surface area contributed by atoms with Crippen LogP contribution in [0, 0.1) is 0 Å². The fourth-order valence-corrected chi connectivity index (χ4v) is 2.99. The van der Waals surface area contributed by atoms with Crippen LogP contribution >= 0.6 is 12.2 Å². The van der Waals surface area contributed by atoms with Gasteiger partial charge < -0.3 is 15.4 Å². The molecular formula is C16H24N2OS. The highest BCUT2D eigenvalue weighted by Gasteiger charge is 2.15.